The zero-order valence-corrected chi connectivity index (χ0v) is 18.1. The minimum Gasteiger partial charge on any atom is -0.341 e. The van der Waals surface area contributed by atoms with Crippen LogP contribution in [0.3, 0.4) is 0 Å². The molecular weight excluding hydrogens is 408 g/mol. The summed E-state index contributed by atoms with van der Waals surface area (Å²) in [5, 5.41) is 4.69. The van der Waals surface area contributed by atoms with Crippen molar-refractivity contribution in [1.82, 2.24) is 10.3 Å². The predicted molar refractivity (Wildman–Crippen MR) is 121 cm³/mol. The van der Waals surface area contributed by atoms with Crippen molar-refractivity contribution in [1.29, 1.82) is 0 Å². The number of carbonyl (C=O) groups excluding carboxylic acids is 1. The second-order valence-corrected chi connectivity index (χ2v) is 9.72. The van der Waals surface area contributed by atoms with Crippen LogP contribution in [0.25, 0.3) is 10.8 Å². The van der Waals surface area contributed by atoms with Crippen LogP contribution in [0.15, 0.2) is 101 Å². The van der Waals surface area contributed by atoms with E-state index in [1.807, 2.05) is 50.2 Å². The Kier molecular flexibility index (Phi) is 5.33. The van der Waals surface area contributed by atoms with Gasteiger partial charge in [0.15, 0.2) is 0 Å². The maximum Gasteiger partial charge on any atom is 0.253 e. The van der Waals surface area contributed by atoms with Gasteiger partial charge in [0.05, 0.1) is 26.6 Å². The fraction of sp³-hybridized carbons (Fsp3) is 0.120. The van der Waals surface area contributed by atoms with E-state index in [1.165, 1.54) is 12.1 Å². The number of sulfone groups is 1. The van der Waals surface area contributed by atoms with Crippen LogP contribution in [0.1, 0.15) is 29.9 Å². The number of hydrogen-bond donors (Lipinski definition) is 1. The summed E-state index contributed by atoms with van der Waals surface area (Å²) < 4.78 is 26.9. The second kappa shape index (κ2) is 7.96. The Hall–Kier alpha value is -3.51. The zero-order chi connectivity index (χ0) is 22.1. The molecule has 0 aliphatic carbocycles. The molecule has 1 amide bonds. The number of aromatic nitrogens is 1. The van der Waals surface area contributed by atoms with Gasteiger partial charge in [0.1, 0.15) is 0 Å². The molecule has 0 aliphatic heterocycles. The smallest absolute Gasteiger partial charge is 0.253 e. The van der Waals surface area contributed by atoms with E-state index in [2.05, 4.69) is 10.3 Å². The van der Waals surface area contributed by atoms with E-state index in [9.17, 15) is 13.2 Å². The average Bonchev–Trinajstić information content (AvgIpc) is 2.79. The molecule has 0 fully saturated rings. The molecule has 0 radical (unpaired) electrons. The highest BCUT2D eigenvalue weighted by Crippen LogP contribution is 2.28. The molecule has 0 saturated carbocycles. The monoisotopic (exact) mass is 430 g/mol. The van der Waals surface area contributed by atoms with E-state index in [4.69, 9.17) is 0 Å². The summed E-state index contributed by atoms with van der Waals surface area (Å²) in [6, 6.07) is 24.3. The molecule has 4 aromatic rings. The minimum absolute atomic E-state index is 0.0281. The summed E-state index contributed by atoms with van der Waals surface area (Å²) in [5.74, 6) is -0.476. The number of fused-ring (bicyclic) bond motifs is 1. The van der Waals surface area contributed by atoms with Crippen LogP contribution in [0.2, 0.25) is 0 Å². The Morgan fingerprint density at radius 1 is 0.839 bits per heavy atom. The molecule has 0 unspecified atom stereocenters. The molecule has 31 heavy (non-hydrogen) atoms. The van der Waals surface area contributed by atoms with E-state index in [-0.39, 0.29) is 15.4 Å². The molecule has 1 N–H and O–H groups in total. The molecule has 0 bridgehead atoms. The maximum atomic E-state index is 13.4. The Bertz CT molecular complexity index is 1360. The number of nitrogens with zero attached hydrogens (tertiary/aromatic N) is 1. The molecule has 3 aromatic carbocycles. The van der Waals surface area contributed by atoms with Gasteiger partial charge < -0.3 is 5.32 Å². The van der Waals surface area contributed by atoms with Crippen LogP contribution in [0.4, 0.5) is 0 Å². The third-order valence-electron chi connectivity index (χ3n) is 5.18. The zero-order valence-electron chi connectivity index (χ0n) is 17.2. The van der Waals surface area contributed by atoms with Gasteiger partial charge in [-0.15, -0.1) is 0 Å². The summed E-state index contributed by atoms with van der Waals surface area (Å²) in [4.78, 5) is 17.6. The van der Waals surface area contributed by atoms with Gasteiger partial charge in [-0.1, -0.05) is 48.5 Å². The van der Waals surface area contributed by atoms with E-state index < -0.39 is 21.3 Å². The number of rotatable bonds is 5. The number of carbonyl (C=O) groups is 1. The van der Waals surface area contributed by atoms with E-state index >= 15 is 0 Å². The molecule has 1 heterocycles. The Labute approximate surface area is 181 Å². The van der Waals surface area contributed by atoms with Gasteiger partial charge in [-0.2, -0.15) is 0 Å². The molecule has 0 spiro atoms. The van der Waals surface area contributed by atoms with Crippen LogP contribution >= 0.6 is 0 Å². The summed E-state index contributed by atoms with van der Waals surface area (Å²) >= 11 is 0. The van der Waals surface area contributed by atoms with Crippen LogP contribution in [-0.2, 0) is 15.4 Å². The molecule has 0 atom stereocenters. The summed E-state index contributed by atoms with van der Waals surface area (Å²) in [5.41, 5.74) is -0.00378. The SMILES string of the molecule is CC(C)(NC(=O)c1ccccc1S(=O)(=O)c1ccc2ccccc2c1)c1ccccn1. The Morgan fingerprint density at radius 3 is 2.26 bits per heavy atom. The lowest BCUT2D eigenvalue weighted by Gasteiger charge is -2.26. The first-order valence-electron chi connectivity index (χ1n) is 9.86. The van der Waals surface area contributed by atoms with E-state index in [1.54, 1.807) is 42.6 Å². The lowest BCUT2D eigenvalue weighted by molar-refractivity contribution is 0.0907. The molecule has 1 aromatic heterocycles. The highest BCUT2D eigenvalue weighted by molar-refractivity contribution is 7.91. The van der Waals surface area contributed by atoms with Crippen LogP contribution in [0, 0.1) is 0 Å². The number of nitrogens with one attached hydrogen (secondary N) is 1. The third-order valence-corrected chi connectivity index (χ3v) is 6.99. The third kappa shape index (κ3) is 4.07. The van der Waals surface area contributed by atoms with Gasteiger partial charge in [-0.25, -0.2) is 8.42 Å². The van der Waals surface area contributed by atoms with E-state index in [0.717, 1.165) is 10.8 Å². The van der Waals surface area contributed by atoms with Gasteiger partial charge in [0.25, 0.3) is 5.91 Å². The fourth-order valence-corrected chi connectivity index (χ4v) is 4.99. The second-order valence-electron chi connectivity index (χ2n) is 7.80. The number of amides is 1. The highest BCUT2D eigenvalue weighted by atomic mass is 32.2. The minimum atomic E-state index is -3.90. The molecule has 0 aliphatic rings. The van der Waals surface area contributed by atoms with Crippen molar-refractivity contribution in [2.24, 2.45) is 0 Å². The average molecular weight is 431 g/mol. The molecule has 0 saturated heterocycles. The normalized spacial score (nSPS) is 11.9. The summed E-state index contributed by atoms with van der Waals surface area (Å²) in [6.45, 7) is 3.65. The highest BCUT2D eigenvalue weighted by Gasteiger charge is 2.29. The Balaban J connectivity index is 1.73. The van der Waals surface area contributed by atoms with Crippen molar-refractivity contribution in [3.05, 3.63) is 102 Å². The first-order valence-corrected chi connectivity index (χ1v) is 11.3. The topological polar surface area (TPSA) is 76.1 Å². The van der Waals surface area contributed by atoms with Crippen molar-refractivity contribution >= 4 is 26.5 Å². The van der Waals surface area contributed by atoms with Gasteiger partial charge in [-0.05, 0) is 61.0 Å². The largest absolute Gasteiger partial charge is 0.341 e. The first-order chi connectivity index (χ1) is 14.8. The Morgan fingerprint density at radius 2 is 1.52 bits per heavy atom. The summed E-state index contributed by atoms with van der Waals surface area (Å²) in [7, 11) is -3.90. The van der Waals surface area contributed by atoms with Crippen molar-refractivity contribution < 1.29 is 13.2 Å². The predicted octanol–water partition coefficient (Wildman–Crippen LogP) is 4.73. The standard InChI is InChI=1S/C25H22N2O3S/c1-25(2,23-13-7-8-16-26-23)27-24(28)21-11-5-6-12-22(21)31(29,30)20-15-14-18-9-3-4-10-19(18)17-20/h3-17H,1-2H3,(H,27,28). The van der Waals surface area contributed by atoms with Crippen LogP contribution in [0.5, 0.6) is 0 Å². The van der Waals surface area contributed by atoms with Crippen molar-refractivity contribution in [2.75, 3.05) is 0 Å². The molecule has 4 rings (SSSR count). The van der Waals surface area contributed by atoms with Gasteiger partial charge in [0.2, 0.25) is 9.84 Å². The van der Waals surface area contributed by atoms with Crippen molar-refractivity contribution in [3.8, 4) is 0 Å². The number of benzene rings is 3. The lowest BCUT2D eigenvalue weighted by Crippen LogP contribution is -2.42. The number of hydrogen-bond acceptors (Lipinski definition) is 4. The fourth-order valence-electron chi connectivity index (χ4n) is 3.50. The maximum absolute atomic E-state index is 13.4. The lowest BCUT2D eigenvalue weighted by atomic mass is 9.99. The van der Waals surface area contributed by atoms with Crippen LogP contribution < -0.4 is 5.32 Å². The summed E-state index contributed by atoms with van der Waals surface area (Å²) in [6.07, 6.45) is 1.65. The van der Waals surface area contributed by atoms with Gasteiger partial charge in [0, 0.05) is 6.20 Å². The molecule has 6 heteroatoms. The van der Waals surface area contributed by atoms with Gasteiger partial charge in [-0.3, -0.25) is 9.78 Å². The van der Waals surface area contributed by atoms with Crippen molar-refractivity contribution in [2.45, 2.75) is 29.2 Å². The quantitative estimate of drug-likeness (QED) is 0.496. The van der Waals surface area contributed by atoms with E-state index in [0.29, 0.717) is 5.69 Å². The molecule has 5 nitrogen and oxygen atoms in total. The molecule has 156 valence electrons. The molecular formula is C25H22N2O3S. The van der Waals surface area contributed by atoms with Crippen molar-refractivity contribution in [3.63, 3.8) is 0 Å². The van der Waals surface area contributed by atoms with Gasteiger partial charge >= 0.3 is 0 Å². The van der Waals surface area contributed by atoms with Crippen LogP contribution in [-0.4, -0.2) is 19.3 Å². The number of pyridine rings is 1. The first kappa shape index (κ1) is 20.8.